The second-order valence-corrected chi connectivity index (χ2v) is 12.0. The van der Waals surface area contributed by atoms with Gasteiger partial charge in [-0.2, -0.15) is 0 Å². The first-order valence-electron chi connectivity index (χ1n) is 17.5. The number of unbranched alkanes of at least 4 members (excludes halogenated alkanes) is 13. The smallest absolute Gasteiger partial charge is 0.123 e. The Balaban J connectivity index is 2.48. The first-order chi connectivity index (χ1) is 20.2. The van der Waals surface area contributed by atoms with Crippen LogP contribution < -0.4 is 9.47 Å². The minimum atomic E-state index is 0.111. The van der Waals surface area contributed by atoms with Crippen molar-refractivity contribution in [3.63, 3.8) is 0 Å². The van der Waals surface area contributed by atoms with Gasteiger partial charge in [0.2, 0.25) is 0 Å². The molecule has 0 radical (unpaired) electrons. The molecule has 5 heteroatoms. The van der Waals surface area contributed by atoms with Gasteiger partial charge in [-0.25, -0.2) is 0 Å². The SMILES string of the molecule is CCCCCCCCCCCCCCCc1cc(OCCCN(CCO)CCO)cc(OCC(CC)CCCC)c1. The van der Waals surface area contributed by atoms with Crippen molar-refractivity contribution >= 4 is 0 Å². The molecule has 0 aliphatic heterocycles. The van der Waals surface area contributed by atoms with Gasteiger partial charge >= 0.3 is 0 Å². The maximum atomic E-state index is 9.24. The van der Waals surface area contributed by atoms with E-state index < -0.39 is 0 Å². The molecule has 1 aromatic carbocycles. The van der Waals surface area contributed by atoms with E-state index in [2.05, 4.69) is 43.9 Å². The third kappa shape index (κ3) is 21.1. The standard InChI is InChI=1S/C36H67NO4/c1-4-7-9-10-11-12-13-14-15-16-17-18-19-22-34-29-35(40-28-20-23-37(24-26-38)25-27-39)31-36(30-34)41-32-33(6-3)21-8-5-2/h29-31,33,38-39H,4-28,32H2,1-3H3. The highest BCUT2D eigenvalue weighted by Gasteiger charge is 2.10. The van der Waals surface area contributed by atoms with E-state index in [1.165, 1.54) is 108 Å². The molecule has 0 fully saturated rings. The number of ether oxygens (including phenoxy) is 2. The molecule has 0 amide bonds. The molecule has 1 aromatic rings. The van der Waals surface area contributed by atoms with Crippen LogP contribution in [-0.2, 0) is 6.42 Å². The topological polar surface area (TPSA) is 62.2 Å². The van der Waals surface area contributed by atoms with Crippen LogP contribution in [-0.4, -0.2) is 61.2 Å². The molecule has 0 saturated heterocycles. The molecule has 1 atom stereocenters. The average Bonchev–Trinajstić information content (AvgIpc) is 2.98. The summed E-state index contributed by atoms with van der Waals surface area (Å²) < 4.78 is 12.5. The molecule has 0 aromatic heterocycles. The van der Waals surface area contributed by atoms with E-state index in [9.17, 15) is 10.2 Å². The van der Waals surface area contributed by atoms with Gasteiger partial charge in [-0.05, 0) is 49.3 Å². The highest BCUT2D eigenvalue weighted by Crippen LogP contribution is 2.26. The number of aliphatic hydroxyl groups is 2. The van der Waals surface area contributed by atoms with Crippen molar-refractivity contribution in [3.8, 4) is 11.5 Å². The zero-order valence-corrected chi connectivity index (χ0v) is 27.4. The quantitative estimate of drug-likeness (QED) is 0.0894. The molecular weight excluding hydrogens is 510 g/mol. The first-order valence-corrected chi connectivity index (χ1v) is 17.5. The summed E-state index contributed by atoms with van der Waals surface area (Å²) in [5.74, 6) is 2.43. The molecule has 0 aliphatic rings. The van der Waals surface area contributed by atoms with Crippen molar-refractivity contribution in [3.05, 3.63) is 23.8 Å². The van der Waals surface area contributed by atoms with Crippen molar-refractivity contribution < 1.29 is 19.7 Å². The van der Waals surface area contributed by atoms with Crippen LogP contribution in [0.25, 0.3) is 0 Å². The molecule has 240 valence electrons. The van der Waals surface area contributed by atoms with E-state index >= 15 is 0 Å². The Kier molecular flexibility index (Phi) is 25.3. The number of hydrogen-bond donors (Lipinski definition) is 2. The van der Waals surface area contributed by atoms with E-state index in [0.717, 1.165) is 43.9 Å². The Morgan fingerprint density at radius 3 is 1.68 bits per heavy atom. The molecule has 0 spiro atoms. The lowest BCUT2D eigenvalue weighted by molar-refractivity contribution is 0.152. The van der Waals surface area contributed by atoms with Gasteiger partial charge in [0.25, 0.3) is 0 Å². The molecule has 0 aliphatic carbocycles. The number of hydrogen-bond acceptors (Lipinski definition) is 5. The van der Waals surface area contributed by atoms with E-state index in [4.69, 9.17) is 9.47 Å². The Bertz CT molecular complexity index is 692. The van der Waals surface area contributed by atoms with Crippen LogP contribution in [0.3, 0.4) is 0 Å². The maximum Gasteiger partial charge on any atom is 0.123 e. The summed E-state index contributed by atoms with van der Waals surface area (Å²) in [4.78, 5) is 2.07. The zero-order chi connectivity index (χ0) is 29.8. The summed E-state index contributed by atoms with van der Waals surface area (Å²) >= 11 is 0. The Labute approximate surface area is 254 Å². The monoisotopic (exact) mass is 578 g/mol. The Morgan fingerprint density at radius 2 is 1.15 bits per heavy atom. The van der Waals surface area contributed by atoms with E-state index in [0.29, 0.717) is 25.6 Å². The summed E-state index contributed by atoms with van der Waals surface area (Å²) in [5, 5.41) is 18.5. The molecule has 0 bridgehead atoms. The number of benzene rings is 1. The van der Waals surface area contributed by atoms with Crippen LogP contribution in [0.4, 0.5) is 0 Å². The van der Waals surface area contributed by atoms with Crippen molar-refractivity contribution in [1.82, 2.24) is 4.90 Å². The molecular formula is C36H67NO4. The van der Waals surface area contributed by atoms with E-state index in [1.807, 2.05) is 0 Å². The molecule has 5 nitrogen and oxygen atoms in total. The Morgan fingerprint density at radius 1 is 0.610 bits per heavy atom. The van der Waals surface area contributed by atoms with E-state index in [1.54, 1.807) is 0 Å². The molecule has 1 unspecified atom stereocenters. The van der Waals surface area contributed by atoms with Gasteiger partial charge in [0.15, 0.2) is 0 Å². The summed E-state index contributed by atoms with van der Waals surface area (Å²) in [7, 11) is 0. The fourth-order valence-electron chi connectivity index (χ4n) is 5.50. The lowest BCUT2D eigenvalue weighted by atomic mass is 10.0. The van der Waals surface area contributed by atoms with Crippen molar-refractivity contribution in [1.29, 1.82) is 0 Å². The fourth-order valence-corrected chi connectivity index (χ4v) is 5.50. The van der Waals surface area contributed by atoms with Gasteiger partial charge in [-0.15, -0.1) is 0 Å². The highest BCUT2D eigenvalue weighted by atomic mass is 16.5. The summed E-state index contributed by atoms with van der Waals surface area (Å²) in [5.41, 5.74) is 1.31. The van der Waals surface area contributed by atoms with Gasteiger partial charge in [-0.3, -0.25) is 4.90 Å². The van der Waals surface area contributed by atoms with Crippen molar-refractivity contribution in [2.45, 2.75) is 143 Å². The number of aliphatic hydroxyl groups excluding tert-OH is 2. The molecule has 1 rings (SSSR count). The number of nitrogens with zero attached hydrogens (tertiary/aromatic N) is 1. The third-order valence-electron chi connectivity index (χ3n) is 8.26. The molecule has 41 heavy (non-hydrogen) atoms. The Hall–Kier alpha value is -1.30. The van der Waals surface area contributed by atoms with Gasteiger partial charge in [0.05, 0.1) is 26.4 Å². The number of rotatable bonds is 30. The minimum absolute atomic E-state index is 0.111. The number of aryl methyl sites for hydroxylation is 1. The molecule has 0 heterocycles. The minimum Gasteiger partial charge on any atom is -0.493 e. The van der Waals surface area contributed by atoms with Crippen LogP contribution in [0.15, 0.2) is 18.2 Å². The normalized spacial score (nSPS) is 12.2. The highest BCUT2D eigenvalue weighted by molar-refractivity contribution is 5.38. The van der Waals surface area contributed by atoms with Crippen LogP contribution in [0.5, 0.6) is 11.5 Å². The van der Waals surface area contributed by atoms with Crippen LogP contribution in [0.2, 0.25) is 0 Å². The van der Waals surface area contributed by atoms with Crippen molar-refractivity contribution in [2.24, 2.45) is 5.92 Å². The second kappa shape index (κ2) is 27.5. The average molecular weight is 578 g/mol. The van der Waals surface area contributed by atoms with Gasteiger partial charge < -0.3 is 19.7 Å². The van der Waals surface area contributed by atoms with Gasteiger partial charge in [0, 0.05) is 25.7 Å². The fraction of sp³-hybridized carbons (Fsp3) is 0.833. The molecule has 0 saturated carbocycles. The van der Waals surface area contributed by atoms with Crippen LogP contribution in [0.1, 0.15) is 142 Å². The second-order valence-electron chi connectivity index (χ2n) is 12.0. The summed E-state index contributed by atoms with van der Waals surface area (Å²) in [6, 6.07) is 6.48. The predicted octanol–water partition coefficient (Wildman–Crippen LogP) is 8.97. The van der Waals surface area contributed by atoms with E-state index in [-0.39, 0.29) is 13.2 Å². The predicted molar refractivity (Wildman–Crippen MR) is 175 cm³/mol. The molecule has 2 N–H and O–H groups in total. The van der Waals surface area contributed by atoms with Crippen LogP contribution in [0, 0.1) is 5.92 Å². The van der Waals surface area contributed by atoms with Gasteiger partial charge in [0.1, 0.15) is 11.5 Å². The zero-order valence-electron chi connectivity index (χ0n) is 27.4. The van der Waals surface area contributed by atoms with Gasteiger partial charge in [-0.1, -0.05) is 117 Å². The largest absolute Gasteiger partial charge is 0.493 e. The first kappa shape index (κ1) is 37.7. The third-order valence-corrected chi connectivity index (χ3v) is 8.26. The van der Waals surface area contributed by atoms with Crippen LogP contribution >= 0.6 is 0 Å². The summed E-state index contributed by atoms with van der Waals surface area (Å²) in [6.45, 7) is 10.4. The maximum absolute atomic E-state index is 9.24. The summed E-state index contributed by atoms with van der Waals surface area (Å²) in [6.07, 6.45) is 24.7. The lowest BCUT2D eigenvalue weighted by Crippen LogP contribution is -2.31. The lowest BCUT2D eigenvalue weighted by Gasteiger charge is -2.20. The van der Waals surface area contributed by atoms with Crippen molar-refractivity contribution in [2.75, 3.05) is 46.1 Å².